The Morgan fingerprint density at radius 2 is 1.82 bits per heavy atom. The Labute approximate surface area is 194 Å². The predicted octanol–water partition coefficient (Wildman–Crippen LogP) is 4.78. The van der Waals surface area contributed by atoms with Crippen LogP contribution in [0.3, 0.4) is 0 Å². The third-order valence-corrected chi connectivity index (χ3v) is 7.43. The molecule has 5 rings (SSSR count). The maximum atomic E-state index is 15.0. The molecule has 0 unspecified atom stereocenters. The largest absolute Gasteiger partial charge is 0.383 e. The molecule has 2 aromatic heterocycles. The first kappa shape index (κ1) is 21.6. The summed E-state index contributed by atoms with van der Waals surface area (Å²) in [7, 11) is -3.99. The molecule has 1 fully saturated rings. The SMILES string of the molecule is Nc1ncnc2c1c(-c1ccc(NS(=O)(=O)c3ccc(Cl)cc3)c(F)c1)nn2C1CCCC1. The lowest BCUT2D eigenvalue weighted by Crippen LogP contribution is -2.13. The molecule has 2 heterocycles. The van der Waals surface area contributed by atoms with E-state index in [9.17, 15) is 8.42 Å². The molecule has 1 aliphatic carbocycles. The predicted molar refractivity (Wildman–Crippen MR) is 125 cm³/mol. The second kappa shape index (κ2) is 8.27. The van der Waals surface area contributed by atoms with Gasteiger partial charge in [0.2, 0.25) is 0 Å². The number of hydrogen-bond donors (Lipinski definition) is 2. The van der Waals surface area contributed by atoms with Crippen LogP contribution >= 0.6 is 11.6 Å². The maximum absolute atomic E-state index is 15.0. The zero-order valence-electron chi connectivity index (χ0n) is 17.4. The van der Waals surface area contributed by atoms with Gasteiger partial charge in [-0.2, -0.15) is 5.10 Å². The van der Waals surface area contributed by atoms with Crippen molar-refractivity contribution in [3.8, 4) is 11.3 Å². The van der Waals surface area contributed by atoms with Gasteiger partial charge >= 0.3 is 0 Å². The minimum atomic E-state index is -3.99. The molecule has 1 aliphatic rings. The number of benzene rings is 2. The molecule has 0 aliphatic heterocycles. The first-order chi connectivity index (χ1) is 15.8. The fourth-order valence-electron chi connectivity index (χ4n) is 4.16. The van der Waals surface area contributed by atoms with Gasteiger partial charge in [-0.05, 0) is 49.2 Å². The number of halogens is 2. The van der Waals surface area contributed by atoms with E-state index in [-0.39, 0.29) is 22.4 Å². The smallest absolute Gasteiger partial charge is 0.261 e. The topological polar surface area (TPSA) is 116 Å². The van der Waals surface area contributed by atoms with Gasteiger partial charge in [0.05, 0.1) is 22.0 Å². The summed E-state index contributed by atoms with van der Waals surface area (Å²) in [6, 6.07) is 9.98. The highest BCUT2D eigenvalue weighted by atomic mass is 35.5. The summed E-state index contributed by atoms with van der Waals surface area (Å²) in [4.78, 5) is 8.43. The van der Waals surface area contributed by atoms with Crippen LogP contribution in [0.4, 0.5) is 15.9 Å². The molecule has 0 saturated heterocycles. The van der Waals surface area contributed by atoms with Crippen molar-refractivity contribution < 1.29 is 12.8 Å². The van der Waals surface area contributed by atoms with Crippen LogP contribution in [-0.2, 0) is 10.0 Å². The Morgan fingerprint density at radius 3 is 2.52 bits per heavy atom. The van der Waals surface area contributed by atoms with E-state index in [1.54, 1.807) is 6.07 Å². The van der Waals surface area contributed by atoms with Crippen LogP contribution in [0.1, 0.15) is 31.7 Å². The minimum Gasteiger partial charge on any atom is -0.383 e. The molecule has 8 nitrogen and oxygen atoms in total. The number of nitrogens with two attached hydrogens (primary N) is 1. The highest BCUT2D eigenvalue weighted by molar-refractivity contribution is 7.92. The summed E-state index contributed by atoms with van der Waals surface area (Å²) in [6.07, 6.45) is 5.58. The average molecular weight is 487 g/mol. The Hall–Kier alpha value is -3.24. The minimum absolute atomic E-state index is 0.0263. The maximum Gasteiger partial charge on any atom is 0.261 e. The van der Waals surface area contributed by atoms with Gasteiger partial charge in [-0.1, -0.05) is 30.5 Å². The van der Waals surface area contributed by atoms with Gasteiger partial charge in [0.15, 0.2) is 5.65 Å². The number of hydrogen-bond acceptors (Lipinski definition) is 6. The zero-order chi connectivity index (χ0) is 23.2. The number of rotatable bonds is 5. The molecule has 0 spiro atoms. The van der Waals surface area contributed by atoms with Gasteiger partial charge in [0.1, 0.15) is 23.7 Å². The van der Waals surface area contributed by atoms with Gasteiger partial charge in [0.25, 0.3) is 10.0 Å². The Balaban J connectivity index is 1.53. The normalized spacial score (nSPS) is 14.7. The number of anilines is 2. The quantitative estimate of drug-likeness (QED) is 0.419. The van der Waals surface area contributed by atoms with Crippen molar-refractivity contribution in [2.24, 2.45) is 0 Å². The van der Waals surface area contributed by atoms with Crippen molar-refractivity contribution in [2.45, 2.75) is 36.6 Å². The molecule has 0 bridgehead atoms. The molecule has 33 heavy (non-hydrogen) atoms. The van der Waals surface area contributed by atoms with Crippen molar-refractivity contribution in [2.75, 3.05) is 10.5 Å². The highest BCUT2D eigenvalue weighted by Gasteiger charge is 2.25. The van der Waals surface area contributed by atoms with E-state index in [1.165, 1.54) is 42.7 Å². The van der Waals surface area contributed by atoms with Crippen LogP contribution in [0, 0.1) is 5.82 Å². The van der Waals surface area contributed by atoms with Crippen LogP contribution in [0.2, 0.25) is 5.02 Å². The van der Waals surface area contributed by atoms with Crippen LogP contribution in [-0.4, -0.2) is 28.2 Å². The number of aromatic nitrogens is 4. The fourth-order valence-corrected chi connectivity index (χ4v) is 5.36. The average Bonchev–Trinajstić information content (AvgIpc) is 3.44. The Kier molecular flexibility index (Phi) is 5.41. The van der Waals surface area contributed by atoms with Crippen LogP contribution in [0.15, 0.2) is 53.7 Å². The van der Waals surface area contributed by atoms with E-state index in [0.29, 0.717) is 27.3 Å². The molecule has 0 radical (unpaired) electrons. The van der Waals surface area contributed by atoms with Crippen LogP contribution in [0.5, 0.6) is 0 Å². The van der Waals surface area contributed by atoms with E-state index in [0.717, 1.165) is 25.7 Å². The van der Waals surface area contributed by atoms with Gasteiger partial charge in [-0.3, -0.25) is 4.72 Å². The number of fused-ring (bicyclic) bond motifs is 1. The lowest BCUT2D eigenvalue weighted by Gasteiger charge is -2.10. The van der Waals surface area contributed by atoms with Gasteiger partial charge in [0, 0.05) is 10.6 Å². The zero-order valence-corrected chi connectivity index (χ0v) is 18.9. The lowest BCUT2D eigenvalue weighted by molar-refractivity contribution is 0.479. The second-order valence-electron chi connectivity index (χ2n) is 7.94. The van der Waals surface area contributed by atoms with E-state index >= 15 is 4.39 Å². The van der Waals surface area contributed by atoms with E-state index < -0.39 is 15.8 Å². The van der Waals surface area contributed by atoms with Crippen molar-refractivity contribution in [3.05, 3.63) is 59.6 Å². The van der Waals surface area contributed by atoms with E-state index in [2.05, 4.69) is 14.7 Å². The van der Waals surface area contributed by atoms with Gasteiger partial charge < -0.3 is 5.73 Å². The molecule has 0 amide bonds. The first-order valence-corrected chi connectivity index (χ1v) is 12.3. The molecular weight excluding hydrogens is 467 g/mol. The number of nitrogens with zero attached hydrogens (tertiary/aromatic N) is 4. The Morgan fingerprint density at radius 1 is 1.09 bits per heavy atom. The molecule has 11 heteroatoms. The number of sulfonamides is 1. The Bertz CT molecular complexity index is 1450. The number of nitrogens with one attached hydrogen (secondary N) is 1. The first-order valence-electron chi connectivity index (χ1n) is 10.4. The molecule has 0 atom stereocenters. The highest BCUT2D eigenvalue weighted by Crippen LogP contribution is 2.37. The molecule has 1 saturated carbocycles. The van der Waals surface area contributed by atoms with Crippen LogP contribution < -0.4 is 10.5 Å². The standard InChI is InChI=1S/C22H20ClFN6O2S/c23-14-6-8-16(9-7-14)33(31,32)29-18-10-5-13(11-17(18)24)20-19-21(25)26-12-27-22(19)30(28-20)15-3-1-2-4-15/h5-12,15,29H,1-4H2,(H2,25,26,27). The van der Waals surface area contributed by atoms with Gasteiger partial charge in [-0.15, -0.1) is 0 Å². The summed E-state index contributed by atoms with van der Waals surface area (Å²) in [5.74, 6) is -0.490. The van der Waals surface area contributed by atoms with Crippen molar-refractivity contribution in [1.82, 2.24) is 19.7 Å². The molecule has 2 aromatic carbocycles. The fraction of sp³-hybridized carbons (Fsp3) is 0.227. The van der Waals surface area contributed by atoms with Gasteiger partial charge in [-0.25, -0.2) is 27.5 Å². The van der Waals surface area contributed by atoms with E-state index in [4.69, 9.17) is 22.4 Å². The van der Waals surface area contributed by atoms with Crippen molar-refractivity contribution in [3.63, 3.8) is 0 Å². The van der Waals surface area contributed by atoms with E-state index in [1.807, 2.05) is 4.68 Å². The van der Waals surface area contributed by atoms with Crippen molar-refractivity contribution in [1.29, 1.82) is 0 Å². The summed E-state index contributed by atoms with van der Waals surface area (Å²) in [5.41, 5.74) is 7.47. The summed E-state index contributed by atoms with van der Waals surface area (Å²) in [6.45, 7) is 0. The molecule has 4 aromatic rings. The number of nitrogen functional groups attached to an aromatic ring is 1. The summed E-state index contributed by atoms with van der Waals surface area (Å²) in [5, 5.41) is 5.67. The third kappa shape index (κ3) is 4.00. The second-order valence-corrected chi connectivity index (χ2v) is 10.1. The summed E-state index contributed by atoms with van der Waals surface area (Å²) >= 11 is 5.82. The third-order valence-electron chi connectivity index (χ3n) is 5.80. The van der Waals surface area contributed by atoms with Crippen LogP contribution in [0.25, 0.3) is 22.3 Å². The lowest BCUT2D eigenvalue weighted by atomic mass is 10.1. The monoisotopic (exact) mass is 486 g/mol. The molecule has 170 valence electrons. The van der Waals surface area contributed by atoms with Crippen molar-refractivity contribution >= 4 is 44.2 Å². The molecular formula is C22H20ClFN6O2S. The summed E-state index contributed by atoms with van der Waals surface area (Å²) < 4.78 is 44.4. The molecule has 3 N–H and O–H groups in total.